The van der Waals surface area contributed by atoms with Crippen LogP contribution in [0.5, 0.6) is 11.5 Å². The minimum absolute atomic E-state index is 0.101. The number of ether oxygens (including phenoxy) is 2. The van der Waals surface area contributed by atoms with Crippen LogP contribution >= 0.6 is 11.8 Å². The molecule has 0 spiro atoms. The summed E-state index contributed by atoms with van der Waals surface area (Å²) >= 11 is 1.60. The highest BCUT2D eigenvalue weighted by atomic mass is 32.2. The maximum absolute atomic E-state index is 13.0. The van der Waals surface area contributed by atoms with Crippen LogP contribution in [0.3, 0.4) is 0 Å². The van der Waals surface area contributed by atoms with Crippen molar-refractivity contribution in [1.29, 1.82) is 0 Å². The lowest BCUT2D eigenvalue weighted by molar-refractivity contribution is -0.137. The number of amides is 1. The number of hydrogen-bond donors (Lipinski definition) is 0. The molecule has 1 atom stereocenters. The average Bonchev–Trinajstić information content (AvgIpc) is 2.68. The first-order valence-corrected chi connectivity index (χ1v) is 9.26. The third kappa shape index (κ3) is 3.49. The van der Waals surface area contributed by atoms with Gasteiger partial charge in [-0.15, -0.1) is 0 Å². The second kappa shape index (κ2) is 7.19. The molecule has 0 aliphatic carbocycles. The molecule has 0 N–H and O–H groups in total. The van der Waals surface area contributed by atoms with Crippen molar-refractivity contribution < 1.29 is 14.3 Å². The van der Waals surface area contributed by atoms with Crippen molar-refractivity contribution in [2.75, 3.05) is 18.9 Å². The fourth-order valence-corrected chi connectivity index (χ4v) is 3.75. The maximum atomic E-state index is 13.0. The molecular weight excluding hydrogens is 336 g/mol. The molecule has 0 unspecified atom stereocenters. The van der Waals surface area contributed by atoms with Gasteiger partial charge in [0.15, 0.2) is 16.7 Å². The van der Waals surface area contributed by atoms with Crippen molar-refractivity contribution >= 4 is 28.5 Å². The number of thioether (sulfide) groups is 1. The molecule has 5 nitrogen and oxygen atoms in total. The van der Waals surface area contributed by atoms with Crippen molar-refractivity contribution in [2.45, 2.75) is 12.5 Å². The molecule has 2 aliphatic heterocycles. The van der Waals surface area contributed by atoms with Gasteiger partial charge >= 0.3 is 0 Å². The summed E-state index contributed by atoms with van der Waals surface area (Å²) in [7, 11) is 0. The molecule has 25 heavy (non-hydrogen) atoms. The zero-order valence-electron chi connectivity index (χ0n) is 13.6. The molecular formula is C19H18N2O3S. The van der Waals surface area contributed by atoms with E-state index < -0.39 is 6.10 Å². The number of nitrogens with zero attached hydrogens (tertiary/aromatic N) is 2. The van der Waals surface area contributed by atoms with Crippen LogP contribution in [-0.2, 0) is 4.79 Å². The summed E-state index contributed by atoms with van der Waals surface area (Å²) in [6, 6.07) is 17.1. The Kier molecular flexibility index (Phi) is 4.61. The van der Waals surface area contributed by atoms with E-state index in [0.29, 0.717) is 18.0 Å². The highest BCUT2D eigenvalue weighted by molar-refractivity contribution is 8.13. The summed E-state index contributed by atoms with van der Waals surface area (Å²) in [5.41, 5.74) is 0.843. The van der Waals surface area contributed by atoms with Crippen LogP contribution in [0.25, 0.3) is 0 Å². The Morgan fingerprint density at radius 1 is 1.08 bits per heavy atom. The van der Waals surface area contributed by atoms with E-state index in [1.165, 1.54) is 0 Å². The summed E-state index contributed by atoms with van der Waals surface area (Å²) < 4.78 is 11.5. The fraction of sp³-hybridized carbons (Fsp3) is 0.263. The van der Waals surface area contributed by atoms with Crippen LogP contribution in [0.1, 0.15) is 6.42 Å². The molecule has 2 heterocycles. The summed E-state index contributed by atoms with van der Waals surface area (Å²) in [5, 5.41) is 0.727. The molecule has 1 saturated heterocycles. The Morgan fingerprint density at radius 2 is 1.84 bits per heavy atom. The molecule has 6 heteroatoms. The number of rotatable bonds is 2. The Hall–Kier alpha value is -2.47. The molecule has 1 amide bonds. The second-order valence-corrected chi connectivity index (χ2v) is 6.85. The summed E-state index contributed by atoms with van der Waals surface area (Å²) in [4.78, 5) is 19.4. The molecule has 2 aromatic rings. The minimum Gasteiger partial charge on any atom is -0.485 e. The van der Waals surface area contributed by atoms with E-state index in [4.69, 9.17) is 9.47 Å². The number of carbonyl (C=O) groups is 1. The van der Waals surface area contributed by atoms with Gasteiger partial charge in [-0.1, -0.05) is 42.1 Å². The molecule has 2 aromatic carbocycles. The van der Waals surface area contributed by atoms with E-state index >= 15 is 0 Å². The van der Waals surface area contributed by atoms with Gasteiger partial charge in [-0.05, 0) is 30.7 Å². The minimum atomic E-state index is -0.644. The molecule has 4 rings (SSSR count). The quantitative estimate of drug-likeness (QED) is 0.828. The largest absolute Gasteiger partial charge is 0.485 e. The standard InChI is InChI=1S/C19H18N2O3S/c22-18(17-13-23-15-9-4-5-10-16(15)24-17)21-11-6-12-25-19(21)20-14-7-2-1-3-8-14/h1-5,7-10,17H,6,11-13H2/t17-/m1/s1. The summed E-state index contributed by atoms with van der Waals surface area (Å²) in [5.74, 6) is 2.15. The van der Waals surface area contributed by atoms with Crippen molar-refractivity contribution in [1.82, 2.24) is 4.90 Å². The van der Waals surface area contributed by atoms with Crippen LogP contribution in [0, 0.1) is 0 Å². The molecule has 0 aromatic heterocycles. The summed E-state index contributed by atoms with van der Waals surface area (Å²) in [6.45, 7) is 0.870. The topological polar surface area (TPSA) is 51.1 Å². The normalized spacial score (nSPS) is 21.2. The number of fused-ring (bicyclic) bond motifs is 1. The van der Waals surface area contributed by atoms with Crippen molar-refractivity contribution in [3.8, 4) is 11.5 Å². The van der Waals surface area contributed by atoms with Crippen LogP contribution < -0.4 is 9.47 Å². The van der Waals surface area contributed by atoms with Crippen molar-refractivity contribution in [2.24, 2.45) is 4.99 Å². The third-order valence-corrected chi connectivity index (χ3v) is 5.08. The van der Waals surface area contributed by atoms with E-state index in [0.717, 1.165) is 23.0 Å². The Balaban J connectivity index is 1.55. The number of amidine groups is 1. The smallest absolute Gasteiger partial charge is 0.273 e. The second-order valence-electron chi connectivity index (χ2n) is 5.79. The molecule has 128 valence electrons. The SMILES string of the molecule is O=C([C@H]1COc2ccccc2O1)N1CCCSC1=Nc1ccccc1. The van der Waals surface area contributed by atoms with Crippen molar-refractivity contribution in [3.63, 3.8) is 0 Å². The monoisotopic (exact) mass is 354 g/mol. The lowest BCUT2D eigenvalue weighted by Crippen LogP contribution is -2.49. The number of hydrogen-bond acceptors (Lipinski definition) is 5. The Morgan fingerprint density at radius 3 is 2.68 bits per heavy atom. The van der Waals surface area contributed by atoms with Crippen LogP contribution in [-0.4, -0.2) is 41.0 Å². The first-order valence-electron chi connectivity index (χ1n) is 8.28. The molecule has 0 bridgehead atoms. The van der Waals surface area contributed by atoms with Gasteiger partial charge in [0.05, 0.1) is 5.69 Å². The molecule has 0 saturated carbocycles. The van der Waals surface area contributed by atoms with Gasteiger partial charge in [0.1, 0.15) is 6.61 Å². The van der Waals surface area contributed by atoms with Gasteiger partial charge in [0, 0.05) is 12.3 Å². The van der Waals surface area contributed by atoms with Gasteiger partial charge in [0.2, 0.25) is 6.10 Å². The Labute approximate surface area is 150 Å². The zero-order chi connectivity index (χ0) is 17.1. The van der Waals surface area contributed by atoms with Gasteiger partial charge in [-0.2, -0.15) is 0 Å². The van der Waals surface area contributed by atoms with Gasteiger partial charge < -0.3 is 9.47 Å². The predicted molar refractivity (Wildman–Crippen MR) is 98.7 cm³/mol. The summed E-state index contributed by atoms with van der Waals surface area (Å²) in [6.07, 6.45) is 0.295. The predicted octanol–water partition coefficient (Wildman–Crippen LogP) is 3.48. The lowest BCUT2D eigenvalue weighted by Gasteiger charge is -2.33. The lowest BCUT2D eigenvalue weighted by atomic mass is 10.2. The van der Waals surface area contributed by atoms with Crippen LogP contribution in [0.2, 0.25) is 0 Å². The van der Waals surface area contributed by atoms with E-state index in [1.54, 1.807) is 16.7 Å². The van der Waals surface area contributed by atoms with Crippen LogP contribution in [0.4, 0.5) is 5.69 Å². The average molecular weight is 354 g/mol. The van der Waals surface area contributed by atoms with Crippen LogP contribution in [0.15, 0.2) is 59.6 Å². The highest BCUT2D eigenvalue weighted by Gasteiger charge is 2.34. The molecule has 2 aliphatic rings. The first kappa shape index (κ1) is 16.0. The molecule has 1 fully saturated rings. The fourth-order valence-electron chi connectivity index (χ4n) is 2.78. The highest BCUT2D eigenvalue weighted by Crippen LogP contribution is 2.32. The maximum Gasteiger partial charge on any atom is 0.273 e. The first-order chi connectivity index (χ1) is 12.3. The van der Waals surface area contributed by atoms with E-state index in [-0.39, 0.29) is 12.5 Å². The van der Waals surface area contributed by atoms with E-state index in [1.807, 2.05) is 54.6 Å². The Bertz CT molecular complexity index is 794. The zero-order valence-corrected chi connectivity index (χ0v) is 14.4. The van der Waals surface area contributed by atoms with Gasteiger partial charge in [-0.25, -0.2) is 4.99 Å². The molecule has 0 radical (unpaired) electrons. The third-order valence-electron chi connectivity index (χ3n) is 4.02. The van der Waals surface area contributed by atoms with Gasteiger partial charge in [0.25, 0.3) is 5.91 Å². The van der Waals surface area contributed by atoms with E-state index in [9.17, 15) is 4.79 Å². The van der Waals surface area contributed by atoms with E-state index in [2.05, 4.69) is 4.99 Å². The number of aliphatic imine (C=N–C) groups is 1. The number of carbonyl (C=O) groups excluding carboxylic acids is 1. The number of para-hydroxylation sites is 3. The van der Waals surface area contributed by atoms with Gasteiger partial charge in [-0.3, -0.25) is 9.69 Å². The number of benzene rings is 2. The van der Waals surface area contributed by atoms with Crippen molar-refractivity contribution in [3.05, 3.63) is 54.6 Å².